The summed E-state index contributed by atoms with van der Waals surface area (Å²) in [4.78, 5) is 30.2. The molecule has 2 saturated heterocycles. The normalized spacial score (nSPS) is 29.1. The van der Waals surface area contributed by atoms with Gasteiger partial charge >= 0.3 is 12.2 Å². The van der Waals surface area contributed by atoms with Gasteiger partial charge in [0.15, 0.2) is 0 Å². The fourth-order valence-electron chi connectivity index (χ4n) is 6.01. The Labute approximate surface area is 184 Å². The molecule has 0 aromatic heterocycles. The predicted molar refractivity (Wildman–Crippen MR) is 118 cm³/mol. The number of carboxylic acid groups (broad SMARTS) is 1. The van der Waals surface area contributed by atoms with Gasteiger partial charge in [-0.2, -0.15) is 0 Å². The van der Waals surface area contributed by atoms with Crippen LogP contribution in [-0.4, -0.2) is 76.8 Å². The second kappa shape index (κ2) is 8.69. The number of hydrogen-bond donors (Lipinski definition) is 1. The second-order valence-electron chi connectivity index (χ2n) is 10.4. The molecule has 170 valence electrons. The van der Waals surface area contributed by atoms with Crippen LogP contribution in [0, 0.1) is 17.3 Å². The molecule has 31 heavy (non-hydrogen) atoms. The molecule has 3 fully saturated rings. The minimum atomic E-state index is -0.784. The number of nitrogens with zero attached hydrogens (tertiary/aromatic N) is 3. The van der Waals surface area contributed by atoms with Crippen LogP contribution in [-0.2, 0) is 11.3 Å². The number of hydrogen-bond acceptors (Lipinski definition) is 4. The number of fused-ring (bicyclic) bond motifs is 1. The number of amides is 2. The van der Waals surface area contributed by atoms with Crippen LogP contribution in [0.3, 0.4) is 0 Å². The number of piperazine rings is 1. The van der Waals surface area contributed by atoms with Crippen molar-refractivity contribution in [2.75, 3.05) is 32.7 Å². The van der Waals surface area contributed by atoms with E-state index in [1.165, 1.54) is 0 Å². The molecule has 1 aromatic carbocycles. The fraction of sp³-hybridized carbons (Fsp3) is 0.667. The summed E-state index contributed by atoms with van der Waals surface area (Å²) < 4.78 is 5.48. The first-order valence-electron chi connectivity index (χ1n) is 11.4. The third-order valence-electron chi connectivity index (χ3n) is 7.32. The van der Waals surface area contributed by atoms with Gasteiger partial charge < -0.3 is 19.6 Å². The molecular weight excluding hydrogens is 394 g/mol. The Bertz CT molecular complexity index is 786. The highest BCUT2D eigenvalue weighted by Gasteiger charge is 2.53. The van der Waals surface area contributed by atoms with Crippen LogP contribution in [0.2, 0.25) is 0 Å². The summed E-state index contributed by atoms with van der Waals surface area (Å²) in [6.45, 7) is 10.5. The lowest BCUT2D eigenvalue weighted by molar-refractivity contribution is 0.0536. The Morgan fingerprint density at radius 2 is 1.74 bits per heavy atom. The van der Waals surface area contributed by atoms with Crippen LogP contribution in [0.15, 0.2) is 30.3 Å². The monoisotopic (exact) mass is 429 g/mol. The van der Waals surface area contributed by atoms with Crippen molar-refractivity contribution in [1.82, 2.24) is 14.7 Å². The van der Waals surface area contributed by atoms with Gasteiger partial charge in [-0.1, -0.05) is 51.1 Å². The van der Waals surface area contributed by atoms with E-state index >= 15 is 0 Å². The highest BCUT2D eigenvalue weighted by Crippen LogP contribution is 2.49. The number of likely N-dealkylation sites (tertiary alicyclic amines) is 1. The number of rotatable bonds is 3. The van der Waals surface area contributed by atoms with Crippen molar-refractivity contribution in [3.05, 3.63) is 35.9 Å². The Morgan fingerprint density at radius 1 is 1.06 bits per heavy atom. The van der Waals surface area contributed by atoms with E-state index in [1.807, 2.05) is 30.3 Å². The van der Waals surface area contributed by atoms with Crippen molar-refractivity contribution in [3.8, 4) is 0 Å². The Hall–Kier alpha value is -2.28. The van der Waals surface area contributed by atoms with Crippen LogP contribution in [0.4, 0.5) is 9.59 Å². The van der Waals surface area contributed by atoms with Crippen LogP contribution < -0.4 is 0 Å². The van der Waals surface area contributed by atoms with Crippen LogP contribution in [0.25, 0.3) is 0 Å². The Balaban J connectivity index is 1.28. The molecule has 1 saturated carbocycles. The number of carbonyl (C=O) groups excluding carboxylic acids is 1. The molecule has 0 bridgehead atoms. The topological polar surface area (TPSA) is 73.3 Å². The van der Waals surface area contributed by atoms with Gasteiger partial charge in [-0.3, -0.25) is 4.90 Å². The van der Waals surface area contributed by atoms with Crippen molar-refractivity contribution in [2.45, 2.75) is 52.3 Å². The van der Waals surface area contributed by atoms with Gasteiger partial charge in [0.05, 0.1) is 0 Å². The van der Waals surface area contributed by atoms with Gasteiger partial charge in [-0.05, 0) is 35.7 Å². The first kappa shape index (κ1) is 21.9. The fourth-order valence-corrected chi connectivity index (χ4v) is 6.01. The lowest BCUT2D eigenvalue weighted by atomic mass is 9.77. The van der Waals surface area contributed by atoms with E-state index in [4.69, 9.17) is 4.74 Å². The Kier molecular flexibility index (Phi) is 6.15. The summed E-state index contributed by atoms with van der Waals surface area (Å²) in [6, 6.07) is 10.3. The van der Waals surface area contributed by atoms with E-state index in [0.29, 0.717) is 44.1 Å². The molecule has 4 unspecified atom stereocenters. The average Bonchev–Trinajstić information content (AvgIpc) is 3.30. The highest BCUT2D eigenvalue weighted by molar-refractivity contribution is 5.68. The third-order valence-corrected chi connectivity index (χ3v) is 7.32. The molecule has 2 amide bonds. The molecule has 0 spiro atoms. The minimum Gasteiger partial charge on any atom is -0.465 e. The zero-order chi connectivity index (χ0) is 22.2. The molecule has 3 aliphatic rings. The van der Waals surface area contributed by atoms with Crippen LogP contribution in [0.1, 0.15) is 39.2 Å². The van der Waals surface area contributed by atoms with Gasteiger partial charge in [-0.15, -0.1) is 0 Å². The molecule has 7 nitrogen and oxygen atoms in total. The molecule has 2 aliphatic heterocycles. The van der Waals surface area contributed by atoms with Gasteiger partial charge in [0, 0.05) is 44.8 Å². The maximum atomic E-state index is 12.4. The smallest absolute Gasteiger partial charge is 0.410 e. The summed E-state index contributed by atoms with van der Waals surface area (Å²) >= 11 is 0. The van der Waals surface area contributed by atoms with Crippen molar-refractivity contribution >= 4 is 12.2 Å². The Morgan fingerprint density at radius 3 is 2.35 bits per heavy atom. The van der Waals surface area contributed by atoms with E-state index in [-0.39, 0.29) is 17.6 Å². The van der Waals surface area contributed by atoms with Crippen molar-refractivity contribution in [1.29, 1.82) is 0 Å². The van der Waals surface area contributed by atoms with Crippen molar-refractivity contribution in [3.63, 3.8) is 0 Å². The predicted octanol–water partition coefficient (Wildman–Crippen LogP) is 3.74. The van der Waals surface area contributed by atoms with Crippen molar-refractivity contribution in [2.24, 2.45) is 17.3 Å². The van der Waals surface area contributed by atoms with E-state index in [1.54, 1.807) is 9.80 Å². The maximum absolute atomic E-state index is 12.4. The summed E-state index contributed by atoms with van der Waals surface area (Å²) in [5.41, 5.74) is 0.934. The van der Waals surface area contributed by atoms with Crippen molar-refractivity contribution < 1.29 is 19.4 Å². The maximum Gasteiger partial charge on any atom is 0.410 e. The molecule has 1 aliphatic carbocycles. The number of ether oxygens (including phenoxy) is 1. The molecule has 4 rings (SSSR count). The zero-order valence-corrected chi connectivity index (χ0v) is 18.9. The average molecular weight is 430 g/mol. The molecule has 7 heteroatoms. The molecular formula is C24H35N3O4. The molecule has 1 N–H and O–H groups in total. The van der Waals surface area contributed by atoms with E-state index < -0.39 is 6.09 Å². The molecule has 2 heterocycles. The summed E-state index contributed by atoms with van der Waals surface area (Å²) in [7, 11) is 0. The lowest BCUT2D eigenvalue weighted by Gasteiger charge is -2.40. The summed E-state index contributed by atoms with van der Waals surface area (Å²) in [5.74, 6) is 0.870. The quantitative estimate of drug-likeness (QED) is 0.792. The number of benzene rings is 1. The van der Waals surface area contributed by atoms with Crippen LogP contribution >= 0.6 is 0 Å². The van der Waals surface area contributed by atoms with E-state index in [2.05, 4.69) is 25.7 Å². The lowest BCUT2D eigenvalue weighted by Crippen LogP contribution is -2.52. The molecule has 0 radical (unpaired) electrons. The van der Waals surface area contributed by atoms with Gasteiger partial charge in [0.2, 0.25) is 0 Å². The van der Waals surface area contributed by atoms with E-state index in [9.17, 15) is 14.7 Å². The van der Waals surface area contributed by atoms with Gasteiger partial charge in [0.25, 0.3) is 0 Å². The first-order chi connectivity index (χ1) is 14.7. The second-order valence-corrected chi connectivity index (χ2v) is 10.4. The molecule has 4 atom stereocenters. The van der Waals surface area contributed by atoms with Gasteiger partial charge in [0.1, 0.15) is 6.61 Å². The first-order valence-corrected chi connectivity index (χ1v) is 11.4. The standard InChI is InChI=1S/C24H35N3O4/c1-24(2,3)21-20-14-19(13-18(20)15-27(21)22(28)29)25-9-11-26(12-10-25)23(30)31-16-17-7-5-4-6-8-17/h4-8,18-21H,9-16H2,1-3H3,(H,28,29). The third kappa shape index (κ3) is 4.66. The zero-order valence-electron chi connectivity index (χ0n) is 18.9. The summed E-state index contributed by atoms with van der Waals surface area (Å²) in [5, 5.41) is 9.68. The molecule has 1 aromatic rings. The van der Waals surface area contributed by atoms with E-state index in [0.717, 1.165) is 31.5 Å². The highest BCUT2D eigenvalue weighted by atomic mass is 16.6. The number of carbonyl (C=O) groups is 2. The largest absolute Gasteiger partial charge is 0.465 e. The summed E-state index contributed by atoms with van der Waals surface area (Å²) in [6.07, 6.45) is 1.08. The van der Waals surface area contributed by atoms with Gasteiger partial charge in [-0.25, -0.2) is 9.59 Å². The minimum absolute atomic E-state index is 0.0616. The van der Waals surface area contributed by atoms with Crippen LogP contribution in [0.5, 0.6) is 0 Å². The SMILES string of the molecule is CC(C)(C)C1C2CC(N3CCN(C(=O)OCc4ccccc4)CC3)CC2CN1C(=O)O.